The molecule has 1 atom stereocenters. The van der Waals surface area contributed by atoms with Gasteiger partial charge in [0.25, 0.3) is 5.91 Å². The van der Waals surface area contributed by atoms with Crippen LogP contribution >= 0.6 is 0 Å². The minimum atomic E-state index is -1.50. The predicted octanol–water partition coefficient (Wildman–Crippen LogP) is 4.14. The number of aryl methyl sites for hydroxylation is 1. The number of aromatic nitrogens is 4. The van der Waals surface area contributed by atoms with Crippen LogP contribution < -0.4 is 0 Å². The molecular formula is C22H18F3N5O. The van der Waals surface area contributed by atoms with E-state index in [1.807, 2.05) is 13.0 Å². The Morgan fingerprint density at radius 3 is 2.68 bits per heavy atom. The fourth-order valence-electron chi connectivity index (χ4n) is 4.38. The molecule has 31 heavy (non-hydrogen) atoms. The molecule has 1 aliphatic heterocycles. The van der Waals surface area contributed by atoms with Gasteiger partial charge in [-0.25, -0.2) is 13.2 Å². The summed E-state index contributed by atoms with van der Waals surface area (Å²) in [7, 11) is 1.66. The maximum Gasteiger partial charge on any atom is 0.255 e. The molecule has 1 N–H and O–H groups in total. The van der Waals surface area contributed by atoms with Crippen molar-refractivity contribution in [1.29, 1.82) is 0 Å². The van der Waals surface area contributed by atoms with E-state index >= 15 is 0 Å². The van der Waals surface area contributed by atoms with Crippen molar-refractivity contribution in [2.75, 3.05) is 6.54 Å². The molecule has 6 nitrogen and oxygen atoms in total. The Hall–Kier alpha value is -3.62. The number of hydrogen-bond acceptors (Lipinski definition) is 3. The summed E-state index contributed by atoms with van der Waals surface area (Å²) < 4.78 is 42.6. The number of nitrogens with one attached hydrogen (secondary N) is 1. The highest BCUT2D eigenvalue weighted by molar-refractivity contribution is 6.06. The quantitative estimate of drug-likeness (QED) is 0.491. The van der Waals surface area contributed by atoms with Crippen LogP contribution in [0.5, 0.6) is 0 Å². The molecule has 0 radical (unpaired) electrons. The average molecular weight is 425 g/mol. The third-order valence-electron chi connectivity index (χ3n) is 5.88. The summed E-state index contributed by atoms with van der Waals surface area (Å²) in [6, 6.07) is 6.99. The van der Waals surface area contributed by atoms with Crippen LogP contribution in [0.15, 0.2) is 36.5 Å². The number of aromatic amines is 1. The van der Waals surface area contributed by atoms with Crippen molar-refractivity contribution in [3.8, 4) is 11.3 Å². The molecule has 0 aliphatic carbocycles. The van der Waals surface area contributed by atoms with Crippen molar-refractivity contribution in [2.45, 2.75) is 19.4 Å². The molecule has 0 bridgehead atoms. The highest BCUT2D eigenvalue weighted by Gasteiger charge is 2.34. The van der Waals surface area contributed by atoms with Gasteiger partial charge in [-0.3, -0.25) is 14.6 Å². The van der Waals surface area contributed by atoms with E-state index in [9.17, 15) is 18.0 Å². The van der Waals surface area contributed by atoms with Gasteiger partial charge in [-0.2, -0.15) is 10.2 Å². The summed E-state index contributed by atoms with van der Waals surface area (Å²) in [5.74, 6) is -4.15. The summed E-state index contributed by atoms with van der Waals surface area (Å²) in [6.45, 7) is 2.28. The van der Waals surface area contributed by atoms with Gasteiger partial charge in [0.1, 0.15) is 0 Å². The second-order valence-corrected chi connectivity index (χ2v) is 7.65. The van der Waals surface area contributed by atoms with E-state index < -0.39 is 17.5 Å². The van der Waals surface area contributed by atoms with Crippen molar-refractivity contribution < 1.29 is 18.0 Å². The highest BCUT2D eigenvalue weighted by Crippen LogP contribution is 2.37. The number of H-pyrrole nitrogens is 1. The van der Waals surface area contributed by atoms with E-state index in [1.165, 1.54) is 4.68 Å². The molecule has 0 fully saturated rings. The van der Waals surface area contributed by atoms with E-state index in [4.69, 9.17) is 0 Å². The molecule has 158 valence electrons. The van der Waals surface area contributed by atoms with Crippen LogP contribution in [0.2, 0.25) is 0 Å². The van der Waals surface area contributed by atoms with Gasteiger partial charge >= 0.3 is 0 Å². The predicted molar refractivity (Wildman–Crippen MR) is 108 cm³/mol. The summed E-state index contributed by atoms with van der Waals surface area (Å²) in [5.41, 5.74) is 3.50. The van der Waals surface area contributed by atoms with Gasteiger partial charge in [0.15, 0.2) is 17.5 Å². The van der Waals surface area contributed by atoms with Crippen molar-refractivity contribution in [3.63, 3.8) is 0 Å². The number of rotatable bonds is 2. The Morgan fingerprint density at radius 2 is 1.94 bits per heavy atom. The first-order chi connectivity index (χ1) is 14.9. The minimum Gasteiger partial charge on any atom is -0.330 e. The zero-order chi connectivity index (χ0) is 21.9. The normalized spacial score (nSPS) is 16.0. The van der Waals surface area contributed by atoms with Crippen molar-refractivity contribution >= 4 is 16.8 Å². The molecule has 2 aromatic heterocycles. The molecule has 4 aromatic rings. The zero-order valence-electron chi connectivity index (χ0n) is 16.8. The second kappa shape index (κ2) is 6.97. The van der Waals surface area contributed by atoms with Crippen LogP contribution in [0.1, 0.15) is 34.6 Å². The van der Waals surface area contributed by atoms with Crippen molar-refractivity contribution in [2.24, 2.45) is 7.05 Å². The lowest BCUT2D eigenvalue weighted by Gasteiger charge is -2.33. The van der Waals surface area contributed by atoms with Gasteiger partial charge in [-0.15, -0.1) is 0 Å². The van der Waals surface area contributed by atoms with Crippen LogP contribution in [0.4, 0.5) is 13.2 Å². The molecule has 0 saturated heterocycles. The average Bonchev–Trinajstić information content (AvgIpc) is 3.35. The molecule has 1 amide bonds. The highest BCUT2D eigenvalue weighted by atomic mass is 19.2. The summed E-state index contributed by atoms with van der Waals surface area (Å²) in [4.78, 5) is 15.1. The van der Waals surface area contributed by atoms with E-state index in [0.717, 1.165) is 28.6 Å². The Labute approximate surface area is 175 Å². The Morgan fingerprint density at radius 1 is 1.19 bits per heavy atom. The first-order valence-electron chi connectivity index (χ1n) is 9.80. The SMILES string of the molecule is C[C@H]1c2nn(C)c(-c3cc(F)c(F)c(F)c3)c2CCN1C(=O)c1cccc2[nH]ncc12. The molecule has 5 rings (SSSR count). The number of hydrogen-bond donors (Lipinski definition) is 1. The standard InChI is InChI=1S/C22H18F3N5O/c1-11-20-14(21(29(2)28-20)12-8-16(23)19(25)17(24)9-12)6-7-30(11)22(31)13-4-3-5-18-15(13)10-26-27-18/h3-5,8-11H,6-7H2,1-2H3,(H,26,27)/t11-/m0/s1. The van der Waals surface area contributed by atoms with Gasteiger partial charge in [-0.1, -0.05) is 6.07 Å². The molecule has 1 aliphatic rings. The molecule has 0 unspecified atom stereocenters. The smallest absolute Gasteiger partial charge is 0.255 e. The third-order valence-corrected chi connectivity index (χ3v) is 5.88. The van der Waals surface area contributed by atoms with E-state index in [1.54, 1.807) is 30.3 Å². The molecule has 0 spiro atoms. The van der Waals surface area contributed by atoms with Gasteiger partial charge in [0, 0.05) is 30.1 Å². The number of amides is 1. The maximum absolute atomic E-state index is 13.8. The van der Waals surface area contributed by atoms with Crippen LogP contribution in [0, 0.1) is 17.5 Å². The summed E-state index contributed by atoms with van der Waals surface area (Å²) in [6.07, 6.45) is 2.08. The number of nitrogens with zero attached hydrogens (tertiary/aromatic N) is 4. The lowest BCUT2D eigenvalue weighted by Crippen LogP contribution is -2.39. The van der Waals surface area contributed by atoms with E-state index in [2.05, 4.69) is 15.3 Å². The fourth-order valence-corrected chi connectivity index (χ4v) is 4.38. The van der Waals surface area contributed by atoms with Crippen molar-refractivity contribution in [3.05, 3.63) is 70.8 Å². The van der Waals surface area contributed by atoms with Gasteiger partial charge in [-0.05, 0) is 37.6 Å². The Bertz CT molecular complexity index is 1320. The van der Waals surface area contributed by atoms with Crippen LogP contribution in [-0.4, -0.2) is 37.3 Å². The van der Waals surface area contributed by atoms with Crippen LogP contribution in [-0.2, 0) is 13.5 Å². The maximum atomic E-state index is 13.8. The van der Waals surface area contributed by atoms with E-state index in [0.29, 0.717) is 29.9 Å². The fraction of sp³-hybridized carbons (Fsp3) is 0.227. The van der Waals surface area contributed by atoms with Crippen molar-refractivity contribution in [1.82, 2.24) is 24.9 Å². The van der Waals surface area contributed by atoms with Gasteiger partial charge in [0.2, 0.25) is 0 Å². The third kappa shape index (κ3) is 2.91. The number of carbonyl (C=O) groups excluding carboxylic acids is 1. The minimum absolute atomic E-state index is 0.142. The number of fused-ring (bicyclic) bond motifs is 2. The van der Waals surface area contributed by atoms with Crippen LogP contribution in [0.3, 0.4) is 0 Å². The largest absolute Gasteiger partial charge is 0.330 e. The summed E-state index contributed by atoms with van der Waals surface area (Å²) in [5, 5.41) is 12.2. The molecular weight excluding hydrogens is 407 g/mol. The van der Waals surface area contributed by atoms with Gasteiger partial charge < -0.3 is 4.90 Å². The molecule has 3 heterocycles. The van der Waals surface area contributed by atoms with Crippen LogP contribution in [0.25, 0.3) is 22.2 Å². The lowest BCUT2D eigenvalue weighted by molar-refractivity contribution is 0.0675. The monoisotopic (exact) mass is 425 g/mol. The second-order valence-electron chi connectivity index (χ2n) is 7.65. The molecule has 2 aromatic carbocycles. The first-order valence-corrected chi connectivity index (χ1v) is 9.80. The molecule has 9 heteroatoms. The molecule has 0 saturated carbocycles. The number of benzene rings is 2. The first kappa shape index (κ1) is 19.3. The Balaban J connectivity index is 1.54. The number of carbonyl (C=O) groups is 1. The number of halogens is 3. The summed E-state index contributed by atoms with van der Waals surface area (Å²) >= 11 is 0. The topological polar surface area (TPSA) is 66.8 Å². The Kier molecular flexibility index (Phi) is 4.35. The lowest BCUT2D eigenvalue weighted by atomic mass is 9.94. The zero-order valence-corrected chi connectivity index (χ0v) is 16.8. The van der Waals surface area contributed by atoms with E-state index in [-0.39, 0.29) is 17.5 Å². The van der Waals surface area contributed by atoms with Gasteiger partial charge in [0.05, 0.1) is 34.7 Å².